The Balaban J connectivity index is 0.000000324. The van der Waals surface area contributed by atoms with Crippen molar-refractivity contribution < 1.29 is 128 Å². The van der Waals surface area contributed by atoms with Gasteiger partial charge < -0.3 is 4.90 Å². The first-order valence-corrected chi connectivity index (χ1v) is 46.7. The van der Waals surface area contributed by atoms with Crippen molar-refractivity contribution >= 4 is 76.8 Å². The molecule has 0 radical (unpaired) electrons. The van der Waals surface area contributed by atoms with Gasteiger partial charge >= 0.3 is 0 Å². The van der Waals surface area contributed by atoms with Gasteiger partial charge in [0.25, 0.3) is 0 Å². The SMILES string of the molecule is CCCCCCCCCCCCCCCCCCc1ccc([NH+](CCCCCCCCCCCCCCCCCC)CCCCCCCCCCCCCCCCCC)cc1.Fc1c(F)c(F)c2c(F)c([B-](c3c(F)c(F)c4c(F)c(F)c(F)c(F)c4c3F)(c3c(F)c(F)c4c(F)c(F)c(F)c(F)c4c3F)c3c(F)c(F)c4c(F)c(F)c(F)c(F)c4c3F)c(F)c(F)c2c1F. The van der Waals surface area contributed by atoms with Crippen molar-refractivity contribution in [2.75, 3.05) is 13.1 Å². The Bertz CT molecular complexity index is 4700. The predicted octanol–water partition coefficient (Wildman–Crippen LogP) is 32.1. The van der Waals surface area contributed by atoms with Crippen LogP contribution in [0.15, 0.2) is 24.3 Å². The second-order valence-electron chi connectivity index (χ2n) is 34.8. The second kappa shape index (κ2) is 52.7. The summed E-state index contributed by atoms with van der Waals surface area (Å²) >= 11 is 0. The average molecular weight is 1870 g/mol. The third kappa shape index (κ3) is 25.2. The number of nitrogens with one attached hydrogen (secondary N) is 1. The van der Waals surface area contributed by atoms with Crippen molar-refractivity contribution in [1.29, 1.82) is 0 Å². The zero-order chi connectivity index (χ0) is 95.2. The summed E-state index contributed by atoms with van der Waals surface area (Å²) in [5.41, 5.74) is -12.7. The maximum atomic E-state index is 17.4. The van der Waals surface area contributed by atoms with E-state index < -0.39 is 234 Å². The standard InChI is InChI=1S/C60H115N.C40BF28/c1-4-7-10-13-16-19-22-25-28-31-34-37-40-43-46-49-52-59-53-55-60(56-54-59)61(57-50-47-44-41-38-35-32-29-26-23-20-17-14-11-8-5-2)58-51-48-45-42-39-36-33-30-27-24-21-18-15-12-9-6-3;42-13-1-5(25(54)37(66)33(62)21(1)50)17(46)29(58)9(13)41(10-14(43)2-6(18(47)30(10)59)26(55)38(67)34(63)22(2)51,11-15(44)3-7(19(48)31(11)60)27(56)39(68)35(64)23(3)52)12-16(45)4-8(20(49)32(12)61)28(57)40(69)36(65)24(4)53/h53-56H,4-52,57-58H2,1-3H3;/q;-1/p+1. The highest BCUT2D eigenvalue weighted by Gasteiger charge is 2.53. The number of hydrogen-bond donors (Lipinski definition) is 1. The van der Waals surface area contributed by atoms with Crippen LogP contribution in [0.1, 0.15) is 335 Å². The molecule has 9 aromatic rings. The molecule has 0 heterocycles. The predicted molar refractivity (Wildman–Crippen MR) is 458 cm³/mol. The lowest BCUT2D eigenvalue weighted by Gasteiger charge is -2.45. The fourth-order valence-electron chi connectivity index (χ4n) is 18.4. The highest BCUT2D eigenvalue weighted by atomic mass is 19.2. The molecule has 9 rings (SSSR count). The lowest BCUT2D eigenvalue weighted by atomic mass is 9.12. The van der Waals surface area contributed by atoms with E-state index in [1.807, 2.05) is 0 Å². The number of quaternary nitrogens is 1. The Hall–Kier alpha value is -7.92. The number of halogens is 28. The molecule has 0 saturated carbocycles. The fraction of sp³-hybridized carbons (Fsp3) is 0.540. The van der Waals surface area contributed by atoms with Crippen LogP contribution in [0.4, 0.5) is 129 Å². The molecule has 0 atom stereocenters. The van der Waals surface area contributed by atoms with Crippen molar-refractivity contribution in [2.45, 2.75) is 335 Å². The van der Waals surface area contributed by atoms with E-state index >= 15 is 87.8 Å². The Kier molecular flexibility index (Phi) is 43.5. The summed E-state index contributed by atoms with van der Waals surface area (Å²) in [4.78, 5) is 1.77. The van der Waals surface area contributed by atoms with E-state index in [1.54, 1.807) is 16.2 Å². The van der Waals surface area contributed by atoms with Gasteiger partial charge in [0, 0.05) is 0 Å². The minimum Gasteiger partial charge on any atom is -0.302 e. The molecule has 30 heteroatoms. The molecule has 9 aromatic carbocycles. The summed E-state index contributed by atoms with van der Waals surface area (Å²) in [7, 11) is 0. The topological polar surface area (TPSA) is 4.44 Å². The minimum atomic E-state index is -7.99. The summed E-state index contributed by atoms with van der Waals surface area (Å²) in [5, 5.41) is -25.0. The van der Waals surface area contributed by atoms with E-state index in [9.17, 15) is 35.1 Å². The molecule has 720 valence electrons. The van der Waals surface area contributed by atoms with Crippen molar-refractivity contribution in [2.24, 2.45) is 0 Å². The van der Waals surface area contributed by atoms with Crippen LogP contribution in [-0.4, -0.2) is 19.2 Å². The van der Waals surface area contributed by atoms with Crippen LogP contribution in [0.25, 0.3) is 43.1 Å². The number of benzene rings is 9. The van der Waals surface area contributed by atoms with Crippen molar-refractivity contribution in [1.82, 2.24) is 0 Å². The largest absolute Gasteiger partial charge is 0.302 e. The van der Waals surface area contributed by atoms with Gasteiger partial charge in [0.05, 0.1) is 56.2 Å². The van der Waals surface area contributed by atoms with Crippen LogP contribution in [0.2, 0.25) is 0 Å². The van der Waals surface area contributed by atoms with Crippen LogP contribution in [0.3, 0.4) is 0 Å². The van der Waals surface area contributed by atoms with Crippen molar-refractivity contribution in [3.05, 3.63) is 193 Å². The Morgan fingerprint density at radius 3 is 0.485 bits per heavy atom. The van der Waals surface area contributed by atoms with Gasteiger partial charge in [-0.2, -0.15) is 0 Å². The molecule has 0 saturated heterocycles. The second-order valence-corrected chi connectivity index (χ2v) is 34.8. The molecule has 0 unspecified atom stereocenters. The van der Waals surface area contributed by atoms with E-state index in [0.29, 0.717) is 0 Å². The zero-order valence-electron chi connectivity index (χ0n) is 74.0. The molecule has 1 nitrogen and oxygen atoms in total. The van der Waals surface area contributed by atoms with Gasteiger partial charge in [0.15, 0.2) is 116 Å². The van der Waals surface area contributed by atoms with Gasteiger partial charge in [-0.1, -0.05) is 309 Å². The Morgan fingerprint density at radius 2 is 0.308 bits per heavy atom. The number of rotatable bonds is 56. The van der Waals surface area contributed by atoms with Gasteiger partial charge in [-0.05, 0) is 56.2 Å². The third-order valence-corrected chi connectivity index (χ3v) is 25.6. The molecule has 130 heavy (non-hydrogen) atoms. The van der Waals surface area contributed by atoms with E-state index in [-0.39, 0.29) is 0 Å². The molecule has 0 fully saturated rings. The molecule has 0 aliphatic heterocycles. The molecule has 0 aromatic heterocycles. The van der Waals surface area contributed by atoms with Gasteiger partial charge in [0.1, 0.15) is 58.4 Å². The quantitative estimate of drug-likeness (QED) is 0.0127. The molecular formula is C100H116BF28N. The maximum absolute atomic E-state index is 17.4. The van der Waals surface area contributed by atoms with Gasteiger partial charge in [-0.3, -0.25) is 0 Å². The minimum absolute atomic E-state index is 1.27. The van der Waals surface area contributed by atoms with Gasteiger partial charge in [0.2, 0.25) is 0 Å². The lowest BCUT2D eigenvalue weighted by Crippen LogP contribution is -3.07. The monoisotopic (exact) mass is 1870 g/mol. The Labute approximate surface area is 742 Å². The normalized spacial score (nSPS) is 12.1. The van der Waals surface area contributed by atoms with Crippen molar-refractivity contribution in [3.8, 4) is 0 Å². The van der Waals surface area contributed by atoms with Crippen LogP contribution in [-0.2, 0) is 6.42 Å². The summed E-state index contributed by atoms with van der Waals surface area (Å²) < 4.78 is 442. The van der Waals surface area contributed by atoms with E-state index in [1.165, 1.54) is 328 Å². The first-order chi connectivity index (χ1) is 62.3. The maximum Gasteiger partial charge on any atom is 0.198 e. The van der Waals surface area contributed by atoms with Gasteiger partial charge in [-0.25, -0.2) is 123 Å². The number of unbranched alkanes of at least 4 members (excludes halogenated alkanes) is 45. The summed E-state index contributed by atoms with van der Waals surface area (Å²) in [6, 6.07) is 10.00. The summed E-state index contributed by atoms with van der Waals surface area (Å²) in [5.74, 6) is -102. The molecule has 0 aliphatic carbocycles. The first kappa shape index (κ1) is 107. The van der Waals surface area contributed by atoms with Crippen LogP contribution >= 0.6 is 0 Å². The van der Waals surface area contributed by atoms with Crippen molar-refractivity contribution in [3.63, 3.8) is 0 Å². The average Bonchev–Trinajstić information content (AvgIpc) is 0.666. The molecule has 0 aliphatic rings. The first-order valence-electron chi connectivity index (χ1n) is 46.7. The Morgan fingerprint density at radius 1 is 0.162 bits per heavy atom. The van der Waals surface area contributed by atoms with E-state index in [4.69, 9.17) is 0 Å². The number of fused-ring (bicyclic) bond motifs is 4. The number of aryl methyl sites for hydroxylation is 1. The van der Waals surface area contributed by atoms with Crippen LogP contribution in [0, 0.1) is 163 Å². The fourth-order valence-corrected chi connectivity index (χ4v) is 18.4. The van der Waals surface area contributed by atoms with Crippen LogP contribution in [0.5, 0.6) is 0 Å². The summed E-state index contributed by atoms with van der Waals surface area (Å²) in [6.07, 6.45) is 63.0. The van der Waals surface area contributed by atoms with E-state index in [2.05, 4.69) is 45.0 Å². The highest BCUT2D eigenvalue weighted by molar-refractivity contribution is 7.20. The molecule has 0 spiro atoms. The van der Waals surface area contributed by atoms with Crippen LogP contribution < -0.4 is 26.8 Å². The lowest BCUT2D eigenvalue weighted by molar-refractivity contribution is -0.833. The van der Waals surface area contributed by atoms with Gasteiger partial charge in [-0.15, -0.1) is 21.9 Å². The molecule has 1 N–H and O–H groups in total. The molecule has 0 amide bonds. The zero-order valence-corrected chi connectivity index (χ0v) is 74.0. The summed E-state index contributed by atoms with van der Waals surface area (Å²) in [6.45, 7) is 9.61. The highest BCUT2D eigenvalue weighted by Crippen LogP contribution is 2.42. The molecule has 0 bridgehead atoms. The van der Waals surface area contributed by atoms with E-state index in [0.717, 1.165) is 0 Å². The smallest absolute Gasteiger partial charge is 0.198 e. The third-order valence-electron chi connectivity index (χ3n) is 25.6. The molecular weight excluding hydrogens is 1760 g/mol. The number of hydrogen-bond acceptors (Lipinski definition) is 0.